The third-order valence-corrected chi connectivity index (χ3v) is 4.40. The summed E-state index contributed by atoms with van der Waals surface area (Å²) >= 11 is 5.71. The lowest BCUT2D eigenvalue weighted by molar-refractivity contribution is 0.0697. The van der Waals surface area contributed by atoms with E-state index >= 15 is 0 Å². The molecule has 0 unspecified atom stereocenters. The summed E-state index contributed by atoms with van der Waals surface area (Å²) in [6.07, 6.45) is 3.11. The summed E-state index contributed by atoms with van der Waals surface area (Å²) in [5.41, 5.74) is 0.425. The van der Waals surface area contributed by atoms with E-state index in [1.165, 1.54) is 18.3 Å². The van der Waals surface area contributed by atoms with Crippen molar-refractivity contribution in [2.45, 2.75) is 11.4 Å². The molecule has 0 atom stereocenters. The van der Waals surface area contributed by atoms with E-state index < -0.39 is 16.0 Å². The summed E-state index contributed by atoms with van der Waals surface area (Å²) in [5, 5.41) is 8.94. The predicted octanol–water partition coefficient (Wildman–Crippen LogP) is 1.91. The number of aromatic nitrogens is 1. The van der Waals surface area contributed by atoms with E-state index in [2.05, 4.69) is 9.71 Å². The molecule has 110 valence electrons. The lowest BCUT2D eigenvalue weighted by Gasteiger charge is -2.08. The molecule has 0 aliphatic heterocycles. The Kier molecular flexibility index (Phi) is 4.56. The van der Waals surface area contributed by atoms with E-state index in [1.54, 1.807) is 18.3 Å². The fourth-order valence-electron chi connectivity index (χ4n) is 1.60. The van der Waals surface area contributed by atoms with Crippen molar-refractivity contribution in [1.82, 2.24) is 9.71 Å². The molecule has 0 radical (unpaired) electrons. The van der Waals surface area contributed by atoms with Crippen molar-refractivity contribution in [2.24, 2.45) is 0 Å². The number of carboxylic acid groups (broad SMARTS) is 1. The van der Waals surface area contributed by atoms with Gasteiger partial charge in [-0.1, -0.05) is 17.7 Å². The predicted molar refractivity (Wildman–Crippen MR) is 76.7 cm³/mol. The van der Waals surface area contributed by atoms with Gasteiger partial charge in [0.2, 0.25) is 10.0 Å². The van der Waals surface area contributed by atoms with E-state index in [0.717, 1.165) is 6.07 Å². The number of carbonyl (C=O) groups is 1. The highest BCUT2D eigenvalue weighted by Gasteiger charge is 2.18. The van der Waals surface area contributed by atoms with Crippen molar-refractivity contribution in [3.63, 3.8) is 0 Å². The molecule has 1 aromatic carbocycles. The van der Waals surface area contributed by atoms with Gasteiger partial charge in [-0.2, -0.15) is 0 Å². The van der Waals surface area contributed by atoms with E-state index in [-0.39, 0.29) is 22.0 Å². The standard InChI is InChI=1S/C13H11ClN2O4S/c14-12-4-3-10(6-11(12)13(17)18)21(19,20)16-8-9-2-1-5-15-7-9/h1-7,16H,8H2,(H,17,18). The molecule has 0 spiro atoms. The molecule has 0 saturated carbocycles. The van der Waals surface area contributed by atoms with Crippen LogP contribution in [0.3, 0.4) is 0 Å². The highest BCUT2D eigenvalue weighted by Crippen LogP contribution is 2.20. The van der Waals surface area contributed by atoms with Gasteiger partial charge in [0.15, 0.2) is 0 Å². The lowest BCUT2D eigenvalue weighted by Crippen LogP contribution is -2.23. The quantitative estimate of drug-likeness (QED) is 0.875. The van der Waals surface area contributed by atoms with Gasteiger partial charge < -0.3 is 5.11 Å². The van der Waals surface area contributed by atoms with Gasteiger partial charge in [0.1, 0.15) is 0 Å². The maximum atomic E-state index is 12.1. The fraction of sp³-hybridized carbons (Fsp3) is 0.0769. The van der Waals surface area contributed by atoms with Crippen molar-refractivity contribution >= 4 is 27.6 Å². The molecule has 0 aliphatic rings. The maximum Gasteiger partial charge on any atom is 0.337 e. The second-order valence-corrected chi connectivity index (χ2v) is 6.31. The summed E-state index contributed by atoms with van der Waals surface area (Å²) in [7, 11) is -3.83. The molecule has 2 rings (SSSR count). The molecule has 2 N–H and O–H groups in total. The molecular weight excluding hydrogens is 316 g/mol. The van der Waals surface area contributed by atoms with Crippen LogP contribution in [0.25, 0.3) is 0 Å². The third kappa shape index (κ3) is 3.78. The van der Waals surface area contributed by atoms with Crippen LogP contribution >= 0.6 is 11.6 Å². The molecule has 0 aliphatic carbocycles. The number of halogens is 1. The number of hydrogen-bond donors (Lipinski definition) is 2. The topological polar surface area (TPSA) is 96.4 Å². The SMILES string of the molecule is O=C(O)c1cc(S(=O)(=O)NCc2cccnc2)ccc1Cl. The first-order valence-corrected chi connectivity index (χ1v) is 7.67. The molecule has 6 nitrogen and oxygen atoms in total. The van der Waals surface area contributed by atoms with Crippen molar-refractivity contribution in [3.8, 4) is 0 Å². The van der Waals surface area contributed by atoms with Crippen LogP contribution in [-0.4, -0.2) is 24.5 Å². The first kappa shape index (κ1) is 15.4. The van der Waals surface area contributed by atoms with E-state index in [0.29, 0.717) is 5.56 Å². The van der Waals surface area contributed by atoms with Gasteiger partial charge in [0, 0.05) is 18.9 Å². The summed E-state index contributed by atoms with van der Waals surface area (Å²) in [6.45, 7) is 0.0568. The van der Waals surface area contributed by atoms with Gasteiger partial charge in [0.05, 0.1) is 15.5 Å². The van der Waals surface area contributed by atoms with Gasteiger partial charge in [-0.05, 0) is 29.8 Å². The zero-order chi connectivity index (χ0) is 15.5. The molecule has 1 aromatic heterocycles. The van der Waals surface area contributed by atoms with Gasteiger partial charge in [-0.25, -0.2) is 17.9 Å². The van der Waals surface area contributed by atoms with Crippen molar-refractivity contribution < 1.29 is 18.3 Å². The third-order valence-electron chi connectivity index (χ3n) is 2.67. The minimum Gasteiger partial charge on any atom is -0.478 e. The average Bonchev–Trinajstić information content (AvgIpc) is 2.46. The molecule has 8 heteroatoms. The number of nitrogens with zero attached hydrogens (tertiary/aromatic N) is 1. The smallest absolute Gasteiger partial charge is 0.337 e. The van der Waals surface area contributed by atoms with Gasteiger partial charge >= 0.3 is 5.97 Å². The Hall–Kier alpha value is -1.96. The summed E-state index contributed by atoms with van der Waals surface area (Å²) in [6, 6.07) is 6.93. The molecule has 0 fully saturated rings. The molecule has 2 aromatic rings. The van der Waals surface area contributed by atoms with Gasteiger partial charge in [0.25, 0.3) is 0 Å². The fourth-order valence-corrected chi connectivity index (χ4v) is 2.84. The average molecular weight is 327 g/mol. The molecule has 0 amide bonds. The van der Waals surface area contributed by atoms with Crippen LogP contribution in [0, 0.1) is 0 Å². The number of aromatic carboxylic acids is 1. The van der Waals surface area contributed by atoms with Crippen LogP contribution in [0.15, 0.2) is 47.6 Å². The van der Waals surface area contributed by atoms with Crippen molar-refractivity contribution in [1.29, 1.82) is 0 Å². The number of carboxylic acids is 1. The van der Waals surface area contributed by atoms with Crippen LogP contribution in [0.1, 0.15) is 15.9 Å². The highest BCUT2D eigenvalue weighted by atomic mass is 35.5. The Labute approximate surface area is 126 Å². The Morgan fingerprint density at radius 1 is 1.33 bits per heavy atom. The Morgan fingerprint density at radius 3 is 2.71 bits per heavy atom. The molecule has 1 heterocycles. The van der Waals surface area contributed by atoms with Crippen LogP contribution in [-0.2, 0) is 16.6 Å². The first-order chi connectivity index (χ1) is 9.90. The zero-order valence-electron chi connectivity index (χ0n) is 10.7. The van der Waals surface area contributed by atoms with Gasteiger partial charge in [-0.15, -0.1) is 0 Å². The first-order valence-electron chi connectivity index (χ1n) is 5.81. The Balaban J connectivity index is 2.24. The summed E-state index contributed by atoms with van der Waals surface area (Å²) in [4.78, 5) is 14.7. The number of sulfonamides is 1. The number of nitrogens with one attached hydrogen (secondary N) is 1. The van der Waals surface area contributed by atoms with E-state index in [9.17, 15) is 13.2 Å². The Morgan fingerprint density at radius 2 is 2.10 bits per heavy atom. The lowest BCUT2D eigenvalue weighted by atomic mass is 10.2. The van der Waals surface area contributed by atoms with Gasteiger partial charge in [-0.3, -0.25) is 4.98 Å². The van der Waals surface area contributed by atoms with Crippen LogP contribution < -0.4 is 4.72 Å². The summed E-state index contributed by atoms with van der Waals surface area (Å²) < 4.78 is 26.6. The molecule has 0 saturated heterocycles. The molecule has 21 heavy (non-hydrogen) atoms. The van der Waals surface area contributed by atoms with Crippen LogP contribution in [0.4, 0.5) is 0 Å². The molecule has 0 bridgehead atoms. The van der Waals surface area contributed by atoms with Crippen molar-refractivity contribution in [3.05, 3.63) is 58.9 Å². The highest BCUT2D eigenvalue weighted by molar-refractivity contribution is 7.89. The Bertz CT molecular complexity index is 763. The number of benzene rings is 1. The second-order valence-electron chi connectivity index (χ2n) is 4.13. The zero-order valence-corrected chi connectivity index (χ0v) is 12.2. The number of hydrogen-bond acceptors (Lipinski definition) is 4. The van der Waals surface area contributed by atoms with E-state index in [4.69, 9.17) is 16.7 Å². The number of pyridine rings is 1. The minimum absolute atomic E-state index is 0.0197. The molecular formula is C13H11ClN2O4S. The summed E-state index contributed by atoms with van der Waals surface area (Å²) in [5.74, 6) is -1.29. The second kappa shape index (κ2) is 6.21. The van der Waals surface area contributed by atoms with Crippen molar-refractivity contribution in [2.75, 3.05) is 0 Å². The largest absolute Gasteiger partial charge is 0.478 e. The minimum atomic E-state index is -3.83. The maximum absolute atomic E-state index is 12.1. The normalized spacial score (nSPS) is 11.3. The monoisotopic (exact) mass is 326 g/mol. The van der Waals surface area contributed by atoms with E-state index in [1.807, 2.05) is 0 Å². The van der Waals surface area contributed by atoms with Crippen LogP contribution in [0.5, 0.6) is 0 Å². The number of rotatable bonds is 5. The van der Waals surface area contributed by atoms with Crippen LogP contribution in [0.2, 0.25) is 5.02 Å².